The Morgan fingerprint density at radius 1 is 1.20 bits per heavy atom. The van der Waals surface area contributed by atoms with E-state index in [9.17, 15) is 5.11 Å². The van der Waals surface area contributed by atoms with Crippen molar-refractivity contribution in [2.45, 2.75) is 19.6 Å². The lowest BCUT2D eigenvalue weighted by atomic mass is 9.99. The summed E-state index contributed by atoms with van der Waals surface area (Å²) in [6.45, 7) is 2.27. The molecule has 1 atom stereocenters. The van der Waals surface area contributed by atoms with E-state index in [1.165, 1.54) is 0 Å². The number of aliphatic hydroxyl groups excluding tert-OH is 1. The van der Waals surface area contributed by atoms with Gasteiger partial charge in [0.05, 0.1) is 0 Å². The monoisotopic (exact) mass is 268 g/mol. The fourth-order valence-corrected chi connectivity index (χ4v) is 2.31. The van der Waals surface area contributed by atoms with Crippen LogP contribution in [0, 0.1) is 6.92 Å². The Morgan fingerprint density at radius 2 is 2.00 bits per heavy atom. The normalized spacial score (nSPS) is 12.8. The molecule has 0 radical (unpaired) electrons. The van der Waals surface area contributed by atoms with Gasteiger partial charge in [0.2, 0.25) is 0 Å². The van der Waals surface area contributed by atoms with E-state index in [-0.39, 0.29) is 0 Å². The fourth-order valence-electron chi connectivity index (χ4n) is 2.31. The highest BCUT2D eigenvalue weighted by Gasteiger charge is 2.13. The van der Waals surface area contributed by atoms with Crippen LogP contribution in [0.3, 0.4) is 0 Å². The van der Waals surface area contributed by atoms with Gasteiger partial charge in [-0.25, -0.2) is 4.98 Å². The van der Waals surface area contributed by atoms with Gasteiger partial charge in [0.25, 0.3) is 0 Å². The van der Waals surface area contributed by atoms with Crippen molar-refractivity contribution in [2.24, 2.45) is 5.73 Å². The molecule has 3 aromatic rings. The quantitative estimate of drug-likeness (QED) is 0.766. The van der Waals surface area contributed by atoms with Gasteiger partial charge in [-0.15, -0.1) is 0 Å². The SMILES string of the molecule is Cc1nc2cc(C(O)c3cccc(CN)c3)ccc2o1. The number of rotatable bonds is 3. The third-order valence-corrected chi connectivity index (χ3v) is 3.34. The smallest absolute Gasteiger partial charge is 0.192 e. The molecular weight excluding hydrogens is 252 g/mol. The summed E-state index contributed by atoms with van der Waals surface area (Å²) in [6.07, 6.45) is -0.692. The van der Waals surface area contributed by atoms with Crippen molar-refractivity contribution in [3.05, 3.63) is 65.0 Å². The van der Waals surface area contributed by atoms with E-state index in [1.54, 1.807) is 6.92 Å². The highest BCUT2D eigenvalue weighted by molar-refractivity contribution is 5.73. The Morgan fingerprint density at radius 3 is 2.80 bits per heavy atom. The van der Waals surface area contributed by atoms with E-state index in [4.69, 9.17) is 10.2 Å². The predicted molar refractivity (Wildman–Crippen MR) is 77.1 cm³/mol. The lowest BCUT2D eigenvalue weighted by Gasteiger charge is -2.12. The van der Waals surface area contributed by atoms with E-state index in [0.29, 0.717) is 12.4 Å². The van der Waals surface area contributed by atoms with Crippen molar-refractivity contribution in [2.75, 3.05) is 0 Å². The summed E-state index contributed by atoms with van der Waals surface area (Å²) >= 11 is 0. The number of nitrogens with two attached hydrogens (primary N) is 1. The van der Waals surface area contributed by atoms with Gasteiger partial charge in [0, 0.05) is 13.5 Å². The molecule has 1 heterocycles. The first kappa shape index (κ1) is 12.8. The molecule has 0 bridgehead atoms. The highest BCUT2D eigenvalue weighted by atomic mass is 16.3. The zero-order valence-corrected chi connectivity index (χ0v) is 11.2. The summed E-state index contributed by atoms with van der Waals surface area (Å²) in [5.74, 6) is 0.622. The third-order valence-electron chi connectivity index (χ3n) is 3.34. The molecule has 4 heteroatoms. The van der Waals surface area contributed by atoms with Crippen LogP contribution in [0.25, 0.3) is 11.1 Å². The van der Waals surface area contributed by atoms with Crippen LogP contribution < -0.4 is 5.73 Å². The van der Waals surface area contributed by atoms with Crippen molar-refractivity contribution in [3.63, 3.8) is 0 Å². The number of nitrogens with zero attached hydrogens (tertiary/aromatic N) is 1. The molecule has 0 fully saturated rings. The molecule has 102 valence electrons. The fraction of sp³-hybridized carbons (Fsp3) is 0.188. The van der Waals surface area contributed by atoms with Crippen LogP contribution in [0.15, 0.2) is 46.9 Å². The number of aliphatic hydroxyl groups is 1. The van der Waals surface area contributed by atoms with E-state index < -0.39 is 6.10 Å². The zero-order chi connectivity index (χ0) is 14.1. The Kier molecular flexibility index (Phi) is 3.26. The van der Waals surface area contributed by atoms with Gasteiger partial charge in [-0.2, -0.15) is 0 Å². The largest absolute Gasteiger partial charge is 0.441 e. The van der Waals surface area contributed by atoms with Gasteiger partial charge >= 0.3 is 0 Å². The maximum absolute atomic E-state index is 10.5. The van der Waals surface area contributed by atoms with Crippen LogP contribution >= 0.6 is 0 Å². The second-order valence-electron chi connectivity index (χ2n) is 4.81. The number of hydrogen-bond acceptors (Lipinski definition) is 4. The van der Waals surface area contributed by atoms with Crippen molar-refractivity contribution in [3.8, 4) is 0 Å². The van der Waals surface area contributed by atoms with Crippen LogP contribution in [-0.4, -0.2) is 10.1 Å². The molecule has 0 saturated carbocycles. The Labute approximate surface area is 116 Å². The van der Waals surface area contributed by atoms with E-state index in [1.807, 2.05) is 42.5 Å². The lowest BCUT2D eigenvalue weighted by molar-refractivity contribution is 0.220. The van der Waals surface area contributed by atoms with E-state index in [0.717, 1.165) is 27.8 Å². The molecule has 0 spiro atoms. The Balaban J connectivity index is 2.00. The minimum absolute atomic E-state index is 0.460. The van der Waals surface area contributed by atoms with Crippen LogP contribution in [-0.2, 0) is 6.54 Å². The molecule has 0 aliphatic heterocycles. The minimum Gasteiger partial charge on any atom is -0.441 e. The summed E-state index contributed by atoms with van der Waals surface area (Å²) in [5, 5.41) is 10.5. The zero-order valence-electron chi connectivity index (χ0n) is 11.2. The second kappa shape index (κ2) is 5.07. The van der Waals surface area contributed by atoms with Crippen LogP contribution in [0.4, 0.5) is 0 Å². The summed E-state index contributed by atoms with van der Waals surface area (Å²) in [4.78, 5) is 4.29. The molecule has 1 unspecified atom stereocenters. The average molecular weight is 268 g/mol. The standard InChI is InChI=1S/C16H16N2O2/c1-10-18-14-8-13(5-6-15(14)20-10)16(19)12-4-2-3-11(7-12)9-17/h2-8,16,19H,9,17H2,1H3. The molecule has 1 aromatic heterocycles. The van der Waals surface area contributed by atoms with E-state index >= 15 is 0 Å². The molecule has 4 nitrogen and oxygen atoms in total. The number of fused-ring (bicyclic) bond motifs is 1. The lowest BCUT2D eigenvalue weighted by Crippen LogP contribution is -2.02. The summed E-state index contributed by atoms with van der Waals surface area (Å²) in [6, 6.07) is 13.2. The summed E-state index contributed by atoms with van der Waals surface area (Å²) in [7, 11) is 0. The van der Waals surface area contributed by atoms with Gasteiger partial charge in [0.15, 0.2) is 11.5 Å². The van der Waals surface area contributed by atoms with Crippen molar-refractivity contribution < 1.29 is 9.52 Å². The first-order valence-electron chi connectivity index (χ1n) is 6.51. The van der Waals surface area contributed by atoms with E-state index in [2.05, 4.69) is 4.98 Å². The first-order valence-corrected chi connectivity index (χ1v) is 6.51. The molecule has 0 saturated heterocycles. The first-order chi connectivity index (χ1) is 9.67. The summed E-state index contributed by atoms with van der Waals surface area (Å²) < 4.78 is 5.44. The molecule has 0 aliphatic carbocycles. The number of benzene rings is 2. The molecule has 0 aliphatic rings. The number of aryl methyl sites for hydroxylation is 1. The van der Waals surface area contributed by atoms with Gasteiger partial charge in [-0.05, 0) is 28.8 Å². The second-order valence-corrected chi connectivity index (χ2v) is 4.81. The minimum atomic E-state index is -0.692. The molecule has 3 rings (SSSR count). The van der Waals surface area contributed by atoms with Crippen LogP contribution in [0.2, 0.25) is 0 Å². The average Bonchev–Trinajstić information content (AvgIpc) is 2.85. The predicted octanol–water partition coefficient (Wildman–Crippen LogP) is 2.68. The number of oxazole rings is 1. The van der Waals surface area contributed by atoms with Crippen LogP contribution in [0.1, 0.15) is 28.7 Å². The Bertz CT molecular complexity index is 749. The van der Waals surface area contributed by atoms with Gasteiger partial charge < -0.3 is 15.3 Å². The Hall–Kier alpha value is -2.17. The third kappa shape index (κ3) is 2.31. The van der Waals surface area contributed by atoms with Crippen molar-refractivity contribution in [1.29, 1.82) is 0 Å². The van der Waals surface area contributed by atoms with Crippen molar-refractivity contribution >= 4 is 11.1 Å². The van der Waals surface area contributed by atoms with Crippen LogP contribution in [0.5, 0.6) is 0 Å². The maximum Gasteiger partial charge on any atom is 0.192 e. The van der Waals surface area contributed by atoms with Gasteiger partial charge in [-0.1, -0.05) is 30.3 Å². The maximum atomic E-state index is 10.5. The number of hydrogen-bond donors (Lipinski definition) is 2. The molecule has 3 N–H and O–H groups in total. The highest BCUT2D eigenvalue weighted by Crippen LogP contribution is 2.26. The molecule has 20 heavy (non-hydrogen) atoms. The van der Waals surface area contributed by atoms with Crippen molar-refractivity contribution in [1.82, 2.24) is 4.98 Å². The molecule has 0 amide bonds. The number of aromatic nitrogens is 1. The van der Waals surface area contributed by atoms with Gasteiger partial charge in [-0.3, -0.25) is 0 Å². The molecular formula is C16H16N2O2. The topological polar surface area (TPSA) is 72.3 Å². The molecule has 2 aromatic carbocycles. The van der Waals surface area contributed by atoms with Gasteiger partial charge in [0.1, 0.15) is 11.6 Å². The summed E-state index contributed by atoms with van der Waals surface area (Å²) in [5.41, 5.74) is 9.74.